The summed E-state index contributed by atoms with van der Waals surface area (Å²) in [6.45, 7) is 1.73. The van der Waals surface area contributed by atoms with Crippen molar-refractivity contribution in [2.24, 2.45) is 0 Å². The van der Waals surface area contributed by atoms with Gasteiger partial charge in [-0.2, -0.15) is 0 Å². The topological polar surface area (TPSA) is 34.1 Å². The molecular weight excluding hydrogens is 284 g/mol. The van der Waals surface area contributed by atoms with Crippen LogP contribution in [-0.2, 0) is 9.84 Å². The number of alkyl halides is 2. The second-order valence-corrected chi connectivity index (χ2v) is 7.13. The minimum atomic E-state index is -2.82. The SMILES string of the molecule is C[C@H]1[C@@H](Br)[C@@H](Br)CS1(=O)=O. The number of hydrogen-bond acceptors (Lipinski definition) is 2. The second-order valence-electron chi connectivity index (χ2n) is 2.50. The monoisotopic (exact) mass is 290 g/mol. The summed E-state index contributed by atoms with van der Waals surface area (Å²) < 4.78 is 22.2. The van der Waals surface area contributed by atoms with Gasteiger partial charge in [-0.25, -0.2) is 8.42 Å². The summed E-state index contributed by atoms with van der Waals surface area (Å²) in [5.74, 6) is 0.254. The maximum atomic E-state index is 11.1. The van der Waals surface area contributed by atoms with Crippen molar-refractivity contribution in [3.8, 4) is 0 Å². The zero-order valence-electron chi connectivity index (χ0n) is 5.42. The molecule has 0 radical (unpaired) electrons. The van der Waals surface area contributed by atoms with E-state index in [-0.39, 0.29) is 20.7 Å². The summed E-state index contributed by atoms with van der Waals surface area (Å²) in [6.07, 6.45) is 0. The van der Waals surface area contributed by atoms with Gasteiger partial charge in [0, 0.05) is 9.65 Å². The lowest BCUT2D eigenvalue weighted by Gasteiger charge is -2.06. The van der Waals surface area contributed by atoms with Crippen molar-refractivity contribution in [2.45, 2.75) is 21.8 Å². The molecule has 1 heterocycles. The zero-order valence-corrected chi connectivity index (χ0v) is 9.41. The minimum Gasteiger partial charge on any atom is -0.228 e. The predicted octanol–water partition coefficient (Wildman–Crippen LogP) is 1.33. The molecule has 0 aliphatic carbocycles. The molecule has 1 saturated heterocycles. The Bertz CT molecular complexity index is 224. The summed E-state index contributed by atoms with van der Waals surface area (Å²) in [7, 11) is -2.82. The van der Waals surface area contributed by atoms with E-state index in [0.29, 0.717) is 0 Å². The first-order valence-corrected chi connectivity index (χ1v) is 6.49. The van der Waals surface area contributed by atoms with Gasteiger partial charge >= 0.3 is 0 Å². The predicted molar refractivity (Wildman–Crippen MR) is 48.7 cm³/mol. The third kappa shape index (κ3) is 1.41. The molecule has 1 aliphatic heterocycles. The standard InChI is InChI=1S/C5H8Br2O2S/c1-3-5(7)4(6)2-10(3,8)9/h3-5H,2H2,1H3/t3-,4-,5+/m0/s1. The first kappa shape index (κ1) is 9.00. The maximum Gasteiger partial charge on any atom is 0.155 e. The molecule has 2 nitrogen and oxygen atoms in total. The van der Waals surface area contributed by atoms with Crippen LogP contribution in [0.5, 0.6) is 0 Å². The van der Waals surface area contributed by atoms with Crippen LogP contribution < -0.4 is 0 Å². The molecule has 0 aromatic heterocycles. The third-order valence-corrected chi connectivity index (χ3v) is 7.81. The third-order valence-electron chi connectivity index (χ3n) is 1.75. The molecule has 0 aromatic rings. The van der Waals surface area contributed by atoms with Crippen LogP contribution >= 0.6 is 31.9 Å². The Morgan fingerprint density at radius 2 is 1.90 bits per heavy atom. The van der Waals surface area contributed by atoms with Crippen LogP contribution in [-0.4, -0.2) is 29.1 Å². The lowest BCUT2D eigenvalue weighted by atomic mass is 10.3. The van der Waals surface area contributed by atoms with Crippen LogP contribution in [0.25, 0.3) is 0 Å². The van der Waals surface area contributed by atoms with Gasteiger partial charge in [-0.05, 0) is 6.92 Å². The summed E-state index contributed by atoms with van der Waals surface area (Å²) in [5.41, 5.74) is 0. The lowest BCUT2D eigenvalue weighted by Crippen LogP contribution is -2.19. The molecule has 0 saturated carbocycles. The van der Waals surface area contributed by atoms with E-state index in [1.807, 2.05) is 0 Å². The van der Waals surface area contributed by atoms with Gasteiger partial charge in [0.2, 0.25) is 0 Å². The van der Waals surface area contributed by atoms with E-state index in [0.717, 1.165) is 0 Å². The molecule has 3 atom stereocenters. The van der Waals surface area contributed by atoms with E-state index >= 15 is 0 Å². The van der Waals surface area contributed by atoms with E-state index in [2.05, 4.69) is 31.9 Å². The Morgan fingerprint density at radius 1 is 1.40 bits per heavy atom. The molecule has 1 fully saturated rings. The summed E-state index contributed by atoms with van der Waals surface area (Å²) >= 11 is 6.61. The molecule has 0 amide bonds. The molecule has 0 N–H and O–H groups in total. The molecule has 0 bridgehead atoms. The van der Waals surface area contributed by atoms with Crippen LogP contribution in [0.4, 0.5) is 0 Å². The van der Waals surface area contributed by atoms with Crippen LogP contribution in [0.15, 0.2) is 0 Å². The summed E-state index contributed by atoms with van der Waals surface area (Å²) in [6, 6.07) is 0. The molecule has 1 rings (SSSR count). The fourth-order valence-corrected chi connectivity index (χ4v) is 5.68. The number of sulfone groups is 1. The Hall–Kier alpha value is 0.910. The Balaban J connectivity index is 2.93. The van der Waals surface area contributed by atoms with Gasteiger partial charge in [-0.3, -0.25) is 0 Å². The fraction of sp³-hybridized carbons (Fsp3) is 1.00. The van der Waals surface area contributed by atoms with E-state index in [1.165, 1.54) is 0 Å². The molecular formula is C5H8Br2O2S. The number of rotatable bonds is 0. The zero-order chi connectivity index (χ0) is 7.94. The van der Waals surface area contributed by atoms with Gasteiger partial charge in [-0.15, -0.1) is 0 Å². The highest BCUT2D eigenvalue weighted by molar-refractivity contribution is 9.12. The van der Waals surface area contributed by atoms with Gasteiger partial charge in [0.15, 0.2) is 9.84 Å². The highest BCUT2D eigenvalue weighted by Crippen LogP contribution is 2.31. The van der Waals surface area contributed by atoms with E-state index < -0.39 is 9.84 Å². The first-order valence-electron chi connectivity index (χ1n) is 2.95. The van der Waals surface area contributed by atoms with E-state index in [1.54, 1.807) is 6.92 Å². The van der Waals surface area contributed by atoms with Crippen molar-refractivity contribution >= 4 is 41.7 Å². The average molecular weight is 292 g/mol. The Labute approximate surface area is 77.6 Å². The maximum absolute atomic E-state index is 11.1. The van der Waals surface area contributed by atoms with Crippen LogP contribution in [0.1, 0.15) is 6.92 Å². The lowest BCUT2D eigenvalue weighted by molar-refractivity contribution is 0.594. The molecule has 60 valence electrons. The normalized spacial score (nSPS) is 45.7. The van der Waals surface area contributed by atoms with Crippen LogP contribution in [0, 0.1) is 0 Å². The smallest absolute Gasteiger partial charge is 0.155 e. The van der Waals surface area contributed by atoms with Crippen molar-refractivity contribution in [1.29, 1.82) is 0 Å². The number of hydrogen-bond donors (Lipinski definition) is 0. The van der Waals surface area contributed by atoms with Gasteiger partial charge in [0.05, 0.1) is 11.0 Å². The minimum absolute atomic E-state index is 0.0671. The van der Waals surface area contributed by atoms with Crippen molar-refractivity contribution in [3.05, 3.63) is 0 Å². The van der Waals surface area contributed by atoms with Crippen LogP contribution in [0.2, 0.25) is 0 Å². The van der Waals surface area contributed by atoms with Crippen molar-refractivity contribution in [1.82, 2.24) is 0 Å². The Kier molecular flexibility index (Phi) is 2.48. The molecule has 0 aromatic carbocycles. The second kappa shape index (κ2) is 2.75. The van der Waals surface area contributed by atoms with Gasteiger partial charge in [0.25, 0.3) is 0 Å². The van der Waals surface area contributed by atoms with Gasteiger partial charge in [-0.1, -0.05) is 31.9 Å². The molecule has 0 spiro atoms. The van der Waals surface area contributed by atoms with Gasteiger partial charge < -0.3 is 0 Å². The van der Waals surface area contributed by atoms with Gasteiger partial charge in [0.1, 0.15) is 0 Å². The summed E-state index contributed by atoms with van der Waals surface area (Å²) in [4.78, 5) is 0.144. The quantitative estimate of drug-likeness (QED) is 0.631. The molecule has 0 unspecified atom stereocenters. The summed E-state index contributed by atoms with van der Waals surface area (Å²) in [5, 5.41) is -0.253. The average Bonchev–Trinajstić information content (AvgIpc) is 1.95. The van der Waals surface area contributed by atoms with E-state index in [9.17, 15) is 8.42 Å². The highest BCUT2D eigenvalue weighted by atomic mass is 79.9. The molecule has 10 heavy (non-hydrogen) atoms. The Morgan fingerprint density at radius 3 is 2.00 bits per heavy atom. The van der Waals surface area contributed by atoms with Crippen LogP contribution in [0.3, 0.4) is 0 Å². The van der Waals surface area contributed by atoms with Crippen molar-refractivity contribution in [3.63, 3.8) is 0 Å². The largest absolute Gasteiger partial charge is 0.228 e. The highest BCUT2D eigenvalue weighted by Gasteiger charge is 2.41. The van der Waals surface area contributed by atoms with Crippen molar-refractivity contribution < 1.29 is 8.42 Å². The fourth-order valence-electron chi connectivity index (χ4n) is 0.958. The van der Waals surface area contributed by atoms with Crippen molar-refractivity contribution in [2.75, 3.05) is 5.75 Å². The first-order chi connectivity index (χ1) is 4.45. The number of halogens is 2. The molecule has 1 aliphatic rings. The molecule has 5 heteroatoms. The van der Waals surface area contributed by atoms with E-state index in [4.69, 9.17) is 0 Å².